The van der Waals surface area contributed by atoms with Crippen LogP contribution < -0.4 is 11.2 Å². The number of aromatic nitrogens is 4. The molecule has 8 nitrogen and oxygen atoms in total. The fourth-order valence-corrected chi connectivity index (χ4v) is 3.59. The molecule has 4 aromatic rings. The van der Waals surface area contributed by atoms with Crippen molar-refractivity contribution in [2.45, 2.75) is 26.6 Å². The number of carbonyl (C=O) groups is 1. The van der Waals surface area contributed by atoms with Crippen molar-refractivity contribution in [1.29, 1.82) is 0 Å². The minimum atomic E-state index is -0.587. The molecule has 162 valence electrons. The van der Waals surface area contributed by atoms with Gasteiger partial charge in [0.25, 0.3) is 5.56 Å². The van der Waals surface area contributed by atoms with Crippen molar-refractivity contribution in [3.63, 3.8) is 0 Å². The summed E-state index contributed by atoms with van der Waals surface area (Å²) in [6, 6.07) is 18.9. The minimum absolute atomic E-state index is 0.0574. The minimum Gasteiger partial charge on any atom is -0.337 e. The third-order valence-electron chi connectivity index (χ3n) is 5.27. The standard InChI is InChI=1S/C24H23N5O3/c1-2-27(15-18-9-5-3-6-10-18)20(30)17-28-22-21(25-13-14-26-22)23(31)29(24(28)32)16-19-11-7-4-8-12-19/h3-14H,2,15-17H2,1H3. The van der Waals surface area contributed by atoms with Gasteiger partial charge in [0.1, 0.15) is 6.54 Å². The highest BCUT2D eigenvalue weighted by molar-refractivity contribution is 5.78. The van der Waals surface area contributed by atoms with Crippen LogP contribution in [0.1, 0.15) is 18.1 Å². The van der Waals surface area contributed by atoms with Crippen LogP contribution in [0.25, 0.3) is 11.2 Å². The summed E-state index contributed by atoms with van der Waals surface area (Å²) < 4.78 is 2.34. The molecule has 4 rings (SSSR count). The molecule has 0 aliphatic carbocycles. The molecule has 8 heteroatoms. The van der Waals surface area contributed by atoms with Crippen molar-refractivity contribution in [1.82, 2.24) is 24.0 Å². The SMILES string of the molecule is CCN(Cc1ccccc1)C(=O)Cn1c(=O)n(Cc2ccccc2)c(=O)c2nccnc21. The molecular weight excluding hydrogens is 406 g/mol. The van der Waals surface area contributed by atoms with E-state index in [9.17, 15) is 14.4 Å². The number of hydrogen-bond acceptors (Lipinski definition) is 5. The Morgan fingerprint density at radius 2 is 1.50 bits per heavy atom. The maximum absolute atomic E-state index is 13.3. The van der Waals surface area contributed by atoms with Crippen molar-refractivity contribution in [2.24, 2.45) is 0 Å². The van der Waals surface area contributed by atoms with E-state index in [1.807, 2.05) is 67.6 Å². The Morgan fingerprint density at radius 3 is 2.16 bits per heavy atom. The second-order valence-corrected chi connectivity index (χ2v) is 7.37. The fraction of sp³-hybridized carbons (Fsp3) is 0.208. The lowest BCUT2D eigenvalue weighted by Crippen LogP contribution is -2.44. The second kappa shape index (κ2) is 9.38. The highest BCUT2D eigenvalue weighted by Gasteiger charge is 2.20. The van der Waals surface area contributed by atoms with Gasteiger partial charge in [0.15, 0.2) is 11.2 Å². The fourth-order valence-electron chi connectivity index (χ4n) is 3.59. The number of hydrogen-bond donors (Lipinski definition) is 0. The zero-order chi connectivity index (χ0) is 22.5. The largest absolute Gasteiger partial charge is 0.337 e. The summed E-state index contributed by atoms with van der Waals surface area (Å²) in [5.74, 6) is -0.240. The summed E-state index contributed by atoms with van der Waals surface area (Å²) in [6.45, 7) is 2.65. The Bertz CT molecular complexity index is 1350. The lowest BCUT2D eigenvalue weighted by atomic mass is 10.2. The van der Waals surface area contributed by atoms with Gasteiger partial charge >= 0.3 is 5.69 Å². The Hall–Kier alpha value is -4.07. The molecule has 0 fully saturated rings. The Labute approximate surface area is 184 Å². The van der Waals surface area contributed by atoms with Crippen LogP contribution in [0.4, 0.5) is 0 Å². The summed E-state index contributed by atoms with van der Waals surface area (Å²) in [7, 11) is 0. The number of fused-ring (bicyclic) bond motifs is 1. The van der Waals surface area contributed by atoms with Gasteiger partial charge < -0.3 is 4.90 Å². The van der Waals surface area contributed by atoms with Crippen LogP contribution >= 0.6 is 0 Å². The number of likely N-dealkylation sites (N-methyl/N-ethyl adjacent to an activating group) is 1. The molecule has 0 aliphatic rings. The van der Waals surface area contributed by atoms with Crippen LogP contribution in [0.15, 0.2) is 82.6 Å². The Morgan fingerprint density at radius 1 is 0.875 bits per heavy atom. The first-order chi connectivity index (χ1) is 15.6. The van der Waals surface area contributed by atoms with Gasteiger partial charge in [0.2, 0.25) is 5.91 Å². The van der Waals surface area contributed by atoms with E-state index in [1.54, 1.807) is 4.90 Å². The highest BCUT2D eigenvalue weighted by Crippen LogP contribution is 2.08. The molecule has 32 heavy (non-hydrogen) atoms. The van der Waals surface area contributed by atoms with Crippen molar-refractivity contribution in [2.75, 3.05) is 6.54 Å². The van der Waals surface area contributed by atoms with E-state index in [-0.39, 0.29) is 30.2 Å². The van der Waals surface area contributed by atoms with Crippen LogP contribution in [0.5, 0.6) is 0 Å². The smallest absolute Gasteiger partial charge is 0.333 e. The molecule has 0 unspecified atom stereocenters. The molecule has 0 atom stereocenters. The van der Waals surface area contributed by atoms with Gasteiger partial charge in [0, 0.05) is 25.5 Å². The van der Waals surface area contributed by atoms with Gasteiger partial charge in [-0.05, 0) is 18.1 Å². The number of carbonyl (C=O) groups excluding carboxylic acids is 1. The van der Waals surface area contributed by atoms with Crippen molar-refractivity contribution in [3.8, 4) is 0 Å². The normalized spacial score (nSPS) is 10.9. The van der Waals surface area contributed by atoms with Crippen molar-refractivity contribution in [3.05, 3.63) is 105 Å². The van der Waals surface area contributed by atoms with Gasteiger partial charge in [-0.1, -0.05) is 60.7 Å². The molecule has 2 aromatic carbocycles. The molecule has 0 bridgehead atoms. The molecule has 1 amide bonds. The van der Waals surface area contributed by atoms with Crippen LogP contribution in [0, 0.1) is 0 Å². The summed E-state index contributed by atoms with van der Waals surface area (Å²) in [5, 5.41) is 0. The highest BCUT2D eigenvalue weighted by atomic mass is 16.2. The first-order valence-corrected chi connectivity index (χ1v) is 10.4. The van der Waals surface area contributed by atoms with E-state index in [2.05, 4.69) is 9.97 Å². The molecule has 2 heterocycles. The maximum atomic E-state index is 13.3. The molecule has 0 saturated carbocycles. The lowest BCUT2D eigenvalue weighted by molar-refractivity contribution is -0.132. The Balaban J connectivity index is 1.73. The zero-order valence-electron chi connectivity index (χ0n) is 17.7. The van der Waals surface area contributed by atoms with Gasteiger partial charge in [0.05, 0.1) is 6.54 Å². The van der Waals surface area contributed by atoms with Gasteiger partial charge in [-0.2, -0.15) is 0 Å². The summed E-state index contributed by atoms with van der Waals surface area (Å²) in [6.07, 6.45) is 2.81. The topological polar surface area (TPSA) is 90.1 Å². The van der Waals surface area contributed by atoms with E-state index < -0.39 is 11.2 Å². The third kappa shape index (κ3) is 4.34. The lowest BCUT2D eigenvalue weighted by Gasteiger charge is -2.22. The summed E-state index contributed by atoms with van der Waals surface area (Å²) >= 11 is 0. The average molecular weight is 429 g/mol. The average Bonchev–Trinajstić information content (AvgIpc) is 2.84. The summed E-state index contributed by atoms with van der Waals surface area (Å²) in [4.78, 5) is 49.4. The van der Waals surface area contributed by atoms with Gasteiger partial charge in [-0.3, -0.25) is 18.7 Å². The maximum Gasteiger partial charge on any atom is 0.333 e. The number of rotatable bonds is 7. The Kier molecular flexibility index (Phi) is 6.21. The van der Waals surface area contributed by atoms with Crippen LogP contribution in [-0.2, 0) is 24.4 Å². The summed E-state index contributed by atoms with van der Waals surface area (Å²) in [5.41, 5.74) is 0.844. The van der Waals surface area contributed by atoms with Gasteiger partial charge in [-0.25, -0.2) is 14.8 Å². The van der Waals surface area contributed by atoms with Crippen LogP contribution in [-0.4, -0.2) is 36.5 Å². The molecule has 0 spiro atoms. The van der Waals surface area contributed by atoms with Crippen LogP contribution in [0.3, 0.4) is 0 Å². The van der Waals surface area contributed by atoms with E-state index in [0.717, 1.165) is 15.7 Å². The van der Waals surface area contributed by atoms with E-state index in [0.29, 0.717) is 13.1 Å². The predicted octanol–water partition coefficient (Wildman–Crippen LogP) is 2.05. The first kappa shape index (κ1) is 21.2. The molecule has 0 N–H and O–H groups in total. The molecule has 0 aliphatic heterocycles. The monoisotopic (exact) mass is 429 g/mol. The molecule has 2 aromatic heterocycles. The third-order valence-corrected chi connectivity index (χ3v) is 5.27. The molecule has 0 saturated heterocycles. The molecular formula is C24H23N5O3. The van der Waals surface area contributed by atoms with E-state index >= 15 is 0 Å². The predicted molar refractivity (Wildman–Crippen MR) is 121 cm³/mol. The second-order valence-electron chi connectivity index (χ2n) is 7.37. The quantitative estimate of drug-likeness (QED) is 0.449. The van der Waals surface area contributed by atoms with E-state index in [1.165, 1.54) is 17.0 Å². The number of nitrogens with zero attached hydrogens (tertiary/aromatic N) is 5. The van der Waals surface area contributed by atoms with Crippen molar-refractivity contribution >= 4 is 17.1 Å². The number of benzene rings is 2. The van der Waals surface area contributed by atoms with Gasteiger partial charge in [-0.15, -0.1) is 0 Å². The number of amides is 1. The van der Waals surface area contributed by atoms with Crippen molar-refractivity contribution < 1.29 is 4.79 Å². The first-order valence-electron chi connectivity index (χ1n) is 10.4. The zero-order valence-corrected chi connectivity index (χ0v) is 17.7. The van der Waals surface area contributed by atoms with Crippen LogP contribution in [0.2, 0.25) is 0 Å². The van der Waals surface area contributed by atoms with E-state index in [4.69, 9.17) is 0 Å². The molecule has 0 radical (unpaired) electrons.